The van der Waals surface area contributed by atoms with Crippen LogP contribution in [0, 0.1) is 17.0 Å². The maximum Gasteiger partial charge on any atom is 0.373 e. The van der Waals surface area contributed by atoms with Crippen LogP contribution in [0.25, 0.3) is 0 Å². The van der Waals surface area contributed by atoms with Gasteiger partial charge in [0.05, 0.1) is 4.92 Å². The molecule has 0 radical (unpaired) electrons. The third kappa shape index (κ3) is 2.83. The Morgan fingerprint density at radius 2 is 1.88 bits per heavy atom. The maximum atomic E-state index is 11.8. The summed E-state index contributed by atoms with van der Waals surface area (Å²) in [6.07, 6.45) is 2.11. The number of fused-ring (bicyclic) bond motifs is 1. The molecule has 2 heterocycles. The summed E-state index contributed by atoms with van der Waals surface area (Å²) in [5, 5.41) is 11.8. The Labute approximate surface area is 150 Å². The van der Waals surface area contributed by atoms with Gasteiger partial charge in [0.15, 0.2) is 0 Å². The first kappa shape index (κ1) is 16.0. The van der Waals surface area contributed by atoms with Crippen LogP contribution in [0.2, 0.25) is 0 Å². The number of ether oxygens (including phenoxy) is 1. The van der Waals surface area contributed by atoms with Crippen LogP contribution >= 0.6 is 0 Å². The largest absolute Gasteiger partial charge is 0.434 e. The highest BCUT2D eigenvalue weighted by Crippen LogP contribution is 2.41. The molecule has 0 spiro atoms. The van der Waals surface area contributed by atoms with Gasteiger partial charge in [-0.15, -0.1) is 0 Å². The van der Waals surface area contributed by atoms with Gasteiger partial charge in [0.25, 0.3) is 0 Å². The third-order valence-electron chi connectivity index (χ3n) is 4.33. The van der Waals surface area contributed by atoms with Crippen LogP contribution in [-0.4, -0.2) is 21.4 Å². The Bertz CT molecular complexity index is 973. The second-order valence-corrected chi connectivity index (χ2v) is 6.05. The van der Waals surface area contributed by atoms with E-state index in [1.807, 2.05) is 48.2 Å². The highest BCUT2D eigenvalue weighted by Gasteiger charge is 2.32. The lowest BCUT2D eigenvalue weighted by molar-refractivity contribution is -0.385. The molecule has 26 heavy (non-hydrogen) atoms. The first-order valence-electron chi connectivity index (χ1n) is 8.23. The molecule has 2 aromatic carbocycles. The predicted octanol–water partition coefficient (Wildman–Crippen LogP) is 4.18. The van der Waals surface area contributed by atoms with Gasteiger partial charge in [-0.05, 0) is 37.1 Å². The lowest BCUT2D eigenvalue weighted by Crippen LogP contribution is -2.17. The summed E-state index contributed by atoms with van der Waals surface area (Å²) < 4.78 is 5.69. The molecule has 0 saturated heterocycles. The number of aryl methyl sites for hydroxylation is 1. The van der Waals surface area contributed by atoms with E-state index in [9.17, 15) is 10.1 Å². The molecule has 0 fully saturated rings. The van der Waals surface area contributed by atoms with Crippen LogP contribution < -0.4 is 9.64 Å². The van der Waals surface area contributed by atoms with Gasteiger partial charge in [-0.1, -0.05) is 35.9 Å². The molecular weight excluding hydrogens is 332 g/mol. The second-order valence-electron chi connectivity index (χ2n) is 6.05. The molecule has 130 valence electrons. The molecule has 0 aliphatic carbocycles. The smallest absolute Gasteiger partial charge is 0.373 e. The van der Waals surface area contributed by atoms with Gasteiger partial charge in [0.1, 0.15) is 12.1 Å². The predicted molar refractivity (Wildman–Crippen MR) is 97.1 cm³/mol. The highest BCUT2D eigenvalue weighted by atomic mass is 16.6. The van der Waals surface area contributed by atoms with E-state index in [0.29, 0.717) is 12.3 Å². The number of nitrogens with zero attached hydrogens (tertiary/aromatic N) is 4. The zero-order chi connectivity index (χ0) is 18.1. The molecular formula is C19H16N4O3. The van der Waals surface area contributed by atoms with E-state index in [-0.39, 0.29) is 17.4 Å². The fraction of sp³-hybridized carbons (Fsp3) is 0.158. The first-order valence-corrected chi connectivity index (χ1v) is 8.23. The molecule has 1 aromatic heterocycles. The van der Waals surface area contributed by atoms with Crippen molar-refractivity contribution in [2.24, 2.45) is 0 Å². The summed E-state index contributed by atoms with van der Waals surface area (Å²) >= 11 is 0. The average Bonchev–Trinajstić information content (AvgIpc) is 3.07. The Morgan fingerprint density at radius 1 is 1.12 bits per heavy atom. The maximum absolute atomic E-state index is 11.8. The summed E-state index contributed by atoms with van der Waals surface area (Å²) in [7, 11) is 0. The molecule has 0 saturated carbocycles. The number of anilines is 2. The molecule has 1 aliphatic heterocycles. The van der Waals surface area contributed by atoms with Gasteiger partial charge in [0, 0.05) is 12.2 Å². The van der Waals surface area contributed by atoms with Crippen LogP contribution in [0.15, 0.2) is 54.9 Å². The average molecular weight is 348 g/mol. The second kappa shape index (κ2) is 6.44. The number of benzene rings is 2. The van der Waals surface area contributed by atoms with Crippen molar-refractivity contribution in [1.82, 2.24) is 9.97 Å². The fourth-order valence-corrected chi connectivity index (χ4v) is 3.06. The fourth-order valence-electron chi connectivity index (χ4n) is 3.06. The Morgan fingerprint density at radius 3 is 2.65 bits per heavy atom. The normalized spacial score (nSPS) is 12.7. The molecule has 1 aliphatic rings. The van der Waals surface area contributed by atoms with Crippen LogP contribution in [-0.2, 0) is 6.42 Å². The van der Waals surface area contributed by atoms with Gasteiger partial charge in [-0.25, -0.2) is 4.98 Å². The molecule has 0 bridgehead atoms. The molecule has 0 N–H and O–H groups in total. The molecule has 4 rings (SSSR count). The van der Waals surface area contributed by atoms with Crippen molar-refractivity contribution >= 4 is 17.2 Å². The van der Waals surface area contributed by atoms with Crippen molar-refractivity contribution in [2.45, 2.75) is 13.3 Å². The molecule has 7 heteroatoms. The SMILES string of the molecule is Cc1ccc(Oc2ncnc(N3CCc4ccccc43)c2[N+](=O)[O-])cc1. The number of para-hydroxylation sites is 1. The number of nitro groups is 1. The van der Waals surface area contributed by atoms with Crippen molar-refractivity contribution in [1.29, 1.82) is 0 Å². The van der Waals surface area contributed by atoms with E-state index in [1.54, 1.807) is 12.1 Å². The molecule has 0 amide bonds. The Hall–Kier alpha value is -3.48. The van der Waals surface area contributed by atoms with E-state index in [4.69, 9.17) is 4.74 Å². The number of hydrogen-bond acceptors (Lipinski definition) is 6. The number of rotatable bonds is 4. The third-order valence-corrected chi connectivity index (χ3v) is 4.33. The lowest BCUT2D eigenvalue weighted by Gasteiger charge is -2.18. The lowest BCUT2D eigenvalue weighted by atomic mass is 10.2. The van der Waals surface area contributed by atoms with E-state index in [2.05, 4.69) is 9.97 Å². The van der Waals surface area contributed by atoms with E-state index >= 15 is 0 Å². The summed E-state index contributed by atoms with van der Waals surface area (Å²) in [5.41, 5.74) is 2.91. The molecule has 0 unspecified atom stereocenters. The van der Waals surface area contributed by atoms with Gasteiger partial charge < -0.3 is 9.64 Å². The van der Waals surface area contributed by atoms with Crippen LogP contribution in [0.3, 0.4) is 0 Å². The monoisotopic (exact) mass is 348 g/mol. The van der Waals surface area contributed by atoms with E-state index in [0.717, 1.165) is 23.2 Å². The summed E-state index contributed by atoms with van der Waals surface area (Å²) in [6, 6.07) is 15.1. The standard InChI is InChI=1S/C19H16N4O3/c1-13-6-8-15(9-7-13)26-19-17(23(24)25)18(20-12-21-19)22-11-10-14-4-2-3-5-16(14)22/h2-9,12H,10-11H2,1H3. The van der Waals surface area contributed by atoms with Crippen molar-refractivity contribution in [3.63, 3.8) is 0 Å². The summed E-state index contributed by atoms with van der Waals surface area (Å²) in [5.74, 6) is 0.676. The van der Waals surface area contributed by atoms with Gasteiger partial charge in [-0.2, -0.15) is 4.98 Å². The van der Waals surface area contributed by atoms with E-state index in [1.165, 1.54) is 6.33 Å². The van der Waals surface area contributed by atoms with Crippen molar-refractivity contribution in [3.05, 3.63) is 76.1 Å². The Balaban J connectivity index is 1.77. The van der Waals surface area contributed by atoms with Crippen LogP contribution in [0.1, 0.15) is 11.1 Å². The topological polar surface area (TPSA) is 81.4 Å². The number of aromatic nitrogens is 2. The van der Waals surface area contributed by atoms with Gasteiger partial charge in [0.2, 0.25) is 5.82 Å². The zero-order valence-electron chi connectivity index (χ0n) is 14.1. The zero-order valence-corrected chi connectivity index (χ0v) is 14.1. The molecule has 3 aromatic rings. The number of hydrogen-bond donors (Lipinski definition) is 0. The minimum Gasteiger partial charge on any atom is -0.434 e. The molecule has 7 nitrogen and oxygen atoms in total. The summed E-state index contributed by atoms with van der Waals surface area (Å²) in [4.78, 5) is 21.3. The van der Waals surface area contributed by atoms with Crippen LogP contribution in [0.5, 0.6) is 11.6 Å². The van der Waals surface area contributed by atoms with E-state index < -0.39 is 4.92 Å². The Kier molecular flexibility index (Phi) is 3.96. The van der Waals surface area contributed by atoms with Gasteiger partial charge >= 0.3 is 11.6 Å². The van der Waals surface area contributed by atoms with Gasteiger partial charge in [-0.3, -0.25) is 10.1 Å². The molecule has 0 atom stereocenters. The minimum absolute atomic E-state index is 0.0618. The highest BCUT2D eigenvalue weighted by molar-refractivity contribution is 5.75. The quantitative estimate of drug-likeness (QED) is 0.520. The summed E-state index contributed by atoms with van der Waals surface area (Å²) in [6.45, 7) is 2.58. The van der Waals surface area contributed by atoms with Crippen molar-refractivity contribution in [2.75, 3.05) is 11.4 Å². The van der Waals surface area contributed by atoms with Crippen molar-refractivity contribution < 1.29 is 9.66 Å². The van der Waals surface area contributed by atoms with Crippen molar-refractivity contribution in [3.8, 4) is 11.6 Å². The minimum atomic E-state index is -0.486. The first-order chi connectivity index (χ1) is 12.6. The van der Waals surface area contributed by atoms with Crippen LogP contribution in [0.4, 0.5) is 17.2 Å².